The summed E-state index contributed by atoms with van der Waals surface area (Å²) in [5, 5.41) is 54.3. The van der Waals surface area contributed by atoms with E-state index in [4.69, 9.17) is 66.3 Å². The summed E-state index contributed by atoms with van der Waals surface area (Å²) >= 11 is 0. The smallest absolute Gasteiger partial charge is 0.870 e. The maximum absolute atomic E-state index is 12.4. The third kappa shape index (κ3) is 23.9. The van der Waals surface area contributed by atoms with Gasteiger partial charge in [-0.1, -0.05) is 263 Å². The molecule has 20 aliphatic rings. The molecule has 0 aromatic heterocycles. The van der Waals surface area contributed by atoms with Gasteiger partial charge in [-0.2, -0.15) is 0 Å². The fourth-order valence-corrected chi connectivity index (χ4v) is 22.8. The van der Waals surface area contributed by atoms with Crippen LogP contribution in [-0.2, 0) is 66.3 Å². The van der Waals surface area contributed by atoms with Crippen molar-refractivity contribution in [3.05, 3.63) is 285 Å². The second-order valence-electron chi connectivity index (χ2n) is 39.8. The van der Waals surface area contributed by atoms with Crippen molar-refractivity contribution < 1.29 is 223 Å². The Hall–Kier alpha value is -9.16. The molecular formula is C109H132N4Na2O29. The van der Waals surface area contributed by atoms with Crippen LogP contribution in [0.25, 0.3) is 0 Å². The fourth-order valence-electron chi connectivity index (χ4n) is 22.8. The number of hydrogen-bond acceptors (Lipinski definition) is 29. The number of rotatable bonds is 16. The van der Waals surface area contributed by atoms with Crippen molar-refractivity contribution in [2.24, 2.45) is 59.2 Å². The summed E-state index contributed by atoms with van der Waals surface area (Å²) in [5.74, 6) is -5.92. The third-order valence-electron chi connectivity index (χ3n) is 30.3. The summed E-state index contributed by atoms with van der Waals surface area (Å²) < 4.78 is 81.6. The SMILES string of the molecule is C[C@@H]([NH3+])c1ccccc1.C[C@@H]([NH3+])c1ccccc1.C[C@@H]1[C@@H]2OC3[C@@H](OC(=O)c4ccccc4C(=O)[O-])[C@H]1O[C@@H]3[C@H]2C.C[C@@H]1[C@@H]2OC3[C@@H](OC(=O)c4ccccc4C(=O)[O-])[C@H]1O[C@@H]3[C@H]2C.C[C@@H]1[C@@H]2O[C@@H]3[C@@H](OC(=O)c4ccccc4C(=O)[O-])[C@H]1O[C@@H]3[C@H]2C.C[C@@H]1[C@@H]2O[C@H]3[C@H](O)[C@H](O[C@@H]13)[C@H]2C.C[C@@H]1[C@@H]2O[C@H]3[C@H](OC(=O)c4ccccc4C(=O)[O-])[C@H](O[C@@H]13)[C@H]2C.C[C@H]([NH3+])c1ccccc1.C[C@H]([NH3+])c1ccccc1.[Na+].[Na+].[OH-].[OH-]. The summed E-state index contributed by atoms with van der Waals surface area (Å²) in [6.45, 7) is 29.1. The number of benzene rings is 8. The molecule has 20 heterocycles. The maximum Gasteiger partial charge on any atom is 1.00 e. The number of hydrogen-bond donors (Lipinski definition) is 5. The third-order valence-corrected chi connectivity index (χ3v) is 30.3. The first-order valence-corrected chi connectivity index (χ1v) is 48.7. The standard InChI is InChI=1S/4C17H18O6.C9H14O3.4C8H11N.2Na.2H2O/c4*1-7-11-8(2)13-15(14(21-11)12(7)22-13)23-17(20)10-6-4-3-5-9(10)16(18)19;1-3-6-4(2)8-9(11-6)5(10)7(3)12-8;4*1-7(9)8-5-3-2-4-6-8;;;;/h4*3-8,11-15H,1-2H3,(H,18,19);3-10H,1-2H3;4*2-7H,9H2,1H3;;;2*1H2/q;;;;;;;;;2*+1;;/p-2/t2*7-,8+,11+,12+,13-,14?,15-;2*7-,8+,11+,12+,13-,14-,15-;3-,4+,5+,6+,7+,8-,9-;4*7-;;;;/m001001100..../s1. The predicted octanol–water partition coefficient (Wildman–Crippen LogP) is -0.635. The van der Waals surface area contributed by atoms with Crippen molar-refractivity contribution in [3.8, 4) is 0 Å². The van der Waals surface area contributed by atoms with Gasteiger partial charge in [-0.15, -0.1) is 0 Å². The van der Waals surface area contributed by atoms with Crippen LogP contribution in [0.1, 0.15) is 226 Å². The van der Waals surface area contributed by atoms with Crippen molar-refractivity contribution in [1.29, 1.82) is 0 Å². The Morgan fingerprint density at radius 1 is 0.229 bits per heavy atom. The molecule has 20 saturated heterocycles. The van der Waals surface area contributed by atoms with E-state index in [1.54, 1.807) is 24.3 Å². The molecular weight excluding hydrogens is 1880 g/mol. The van der Waals surface area contributed by atoms with E-state index in [-0.39, 0.29) is 284 Å². The molecule has 8 aromatic carbocycles. The first-order chi connectivity index (χ1) is 66.9. The van der Waals surface area contributed by atoms with Crippen LogP contribution >= 0.6 is 0 Å². The average molecular weight is 2010 g/mol. The molecule has 0 spiro atoms. The van der Waals surface area contributed by atoms with Crippen molar-refractivity contribution in [1.82, 2.24) is 0 Å². The minimum atomic E-state index is -1.40. The summed E-state index contributed by atoms with van der Waals surface area (Å²) in [6.07, 6.45) is -3.47. The first-order valence-electron chi connectivity index (χ1n) is 48.7. The molecule has 15 N–H and O–H groups in total. The van der Waals surface area contributed by atoms with E-state index >= 15 is 0 Å². The Kier molecular flexibility index (Phi) is 39.8. The number of aromatic carboxylic acids is 4. The molecule has 33 nitrogen and oxygen atoms in total. The monoisotopic (exact) mass is 2010 g/mol. The van der Waals surface area contributed by atoms with Crippen molar-refractivity contribution in [3.63, 3.8) is 0 Å². The van der Waals surface area contributed by atoms with Crippen LogP contribution in [0.15, 0.2) is 218 Å². The van der Waals surface area contributed by atoms with Gasteiger partial charge in [0.15, 0.2) is 24.4 Å². The Balaban J connectivity index is 0.000000158. The number of ether oxygens (including phenoxy) is 14. The normalized spacial score (nSPS) is 34.7. The predicted molar refractivity (Wildman–Crippen MR) is 499 cm³/mol. The van der Waals surface area contributed by atoms with Gasteiger partial charge in [-0.05, 0) is 52.0 Å². The molecule has 2 unspecified atom stereocenters. The van der Waals surface area contributed by atoms with Crippen molar-refractivity contribution in [2.75, 3.05) is 0 Å². The molecule has 39 atom stereocenters. The maximum atomic E-state index is 12.4. The van der Waals surface area contributed by atoms with Gasteiger partial charge in [0.05, 0.1) is 113 Å². The zero-order valence-electron chi connectivity index (χ0n) is 84.1. The number of carbonyl (C=O) groups excluding carboxylic acids is 8. The average Bonchev–Trinajstić information content (AvgIpc) is 1.56. The van der Waals surface area contributed by atoms with Crippen LogP contribution in [0.5, 0.6) is 0 Å². The van der Waals surface area contributed by atoms with Gasteiger partial charge in [0.1, 0.15) is 85.2 Å². The second-order valence-corrected chi connectivity index (χ2v) is 39.8. The molecule has 35 heteroatoms. The van der Waals surface area contributed by atoms with Crippen LogP contribution in [0, 0.1) is 59.2 Å². The minimum absolute atomic E-state index is 0. The van der Waals surface area contributed by atoms with Crippen LogP contribution in [0.3, 0.4) is 0 Å². The van der Waals surface area contributed by atoms with Crippen molar-refractivity contribution in [2.45, 2.75) is 274 Å². The number of carboxylic acids is 4. The van der Waals surface area contributed by atoms with Crippen molar-refractivity contribution >= 4 is 47.8 Å². The molecule has 0 radical (unpaired) electrons. The van der Waals surface area contributed by atoms with E-state index in [2.05, 4.69) is 141 Å². The van der Waals surface area contributed by atoms with Gasteiger partial charge >= 0.3 is 83.0 Å². The van der Waals surface area contributed by atoms with E-state index in [1.165, 1.54) is 95.1 Å². The van der Waals surface area contributed by atoms with Gasteiger partial charge in [0.25, 0.3) is 0 Å². The van der Waals surface area contributed by atoms with Gasteiger partial charge in [0.2, 0.25) is 0 Å². The first kappa shape index (κ1) is 115. The summed E-state index contributed by atoms with van der Waals surface area (Å²) in [4.78, 5) is 94.3. The molecule has 20 fully saturated rings. The van der Waals surface area contributed by atoms with E-state index in [1.807, 2.05) is 100 Å². The van der Waals surface area contributed by atoms with Crippen LogP contribution in [-0.4, -0.2) is 216 Å². The Labute approximate surface area is 882 Å². The zero-order chi connectivity index (χ0) is 100. The second kappa shape index (κ2) is 49.8. The molecule has 28 rings (SSSR count). The van der Waals surface area contributed by atoms with Crippen LogP contribution < -0.4 is 102 Å². The molecule has 20 aliphatic heterocycles. The number of esters is 4. The minimum Gasteiger partial charge on any atom is -0.870 e. The van der Waals surface area contributed by atoms with Gasteiger partial charge in [-0.3, -0.25) is 0 Å². The number of carbonyl (C=O) groups is 8. The molecule has 0 aliphatic carbocycles. The summed E-state index contributed by atoms with van der Waals surface area (Å²) in [6, 6.07) is 66.3. The largest absolute Gasteiger partial charge is 1.00 e. The van der Waals surface area contributed by atoms with Gasteiger partial charge in [0, 0.05) is 104 Å². The number of aliphatic hydroxyl groups is 1. The fraction of sp³-hybridized carbons (Fsp3) is 0.486. The van der Waals surface area contributed by atoms with E-state index < -0.39 is 72.2 Å². The number of quaternary nitrogens is 4. The molecule has 144 heavy (non-hydrogen) atoms. The molecule has 0 amide bonds. The van der Waals surface area contributed by atoms with E-state index in [0.717, 1.165) is 0 Å². The Morgan fingerprint density at radius 2 is 0.375 bits per heavy atom. The van der Waals surface area contributed by atoms with E-state index in [0.29, 0.717) is 42.1 Å². The molecule has 764 valence electrons. The number of aliphatic hydroxyl groups excluding tert-OH is 1. The summed E-state index contributed by atoms with van der Waals surface area (Å²) in [7, 11) is 0. The molecule has 8 aromatic rings. The van der Waals surface area contributed by atoms with Gasteiger partial charge in [-0.25, -0.2) is 19.2 Å². The molecule has 0 saturated carbocycles. The Morgan fingerprint density at radius 3 is 0.549 bits per heavy atom. The van der Waals surface area contributed by atoms with Crippen LogP contribution in [0.4, 0.5) is 0 Å². The summed E-state index contributed by atoms with van der Waals surface area (Å²) in [5.41, 5.74) is 20.1. The quantitative estimate of drug-likeness (QED) is 0.0456. The Bertz CT molecular complexity index is 4980. The van der Waals surface area contributed by atoms with Gasteiger partial charge < -0.3 is 145 Å². The van der Waals surface area contributed by atoms with E-state index in [9.17, 15) is 63.9 Å². The zero-order valence-corrected chi connectivity index (χ0v) is 88.1. The van der Waals surface area contributed by atoms with Crippen LogP contribution in [0.2, 0.25) is 0 Å². The topological polar surface area (TPSA) is 549 Å². The number of carboxylic acid groups (broad SMARTS) is 4. The molecule has 20 bridgehead atoms.